The SMILES string of the molecule is CCC(C)(C1CCCCC1)n1ccnc1. The summed E-state index contributed by atoms with van der Waals surface area (Å²) in [6, 6.07) is 0. The predicted molar refractivity (Wildman–Crippen MR) is 62.7 cm³/mol. The monoisotopic (exact) mass is 206 g/mol. The minimum absolute atomic E-state index is 0.289. The van der Waals surface area contributed by atoms with E-state index in [4.69, 9.17) is 0 Å². The zero-order valence-electron chi connectivity index (χ0n) is 9.95. The molecular formula is C13H22N2. The Morgan fingerprint density at radius 3 is 2.60 bits per heavy atom. The van der Waals surface area contributed by atoms with Crippen molar-refractivity contribution in [2.75, 3.05) is 0 Å². The van der Waals surface area contributed by atoms with Crippen molar-refractivity contribution in [1.82, 2.24) is 9.55 Å². The van der Waals surface area contributed by atoms with E-state index in [2.05, 4.69) is 29.6 Å². The van der Waals surface area contributed by atoms with Crippen LogP contribution in [-0.4, -0.2) is 9.55 Å². The molecule has 2 nitrogen and oxygen atoms in total. The lowest BCUT2D eigenvalue weighted by atomic mass is 9.74. The van der Waals surface area contributed by atoms with Crippen molar-refractivity contribution in [3.8, 4) is 0 Å². The van der Waals surface area contributed by atoms with Crippen LogP contribution in [0.1, 0.15) is 52.4 Å². The van der Waals surface area contributed by atoms with Gasteiger partial charge in [0.15, 0.2) is 0 Å². The minimum Gasteiger partial charge on any atom is -0.331 e. The van der Waals surface area contributed by atoms with Gasteiger partial charge in [-0.05, 0) is 32.1 Å². The molecule has 1 aliphatic carbocycles. The molecule has 1 aliphatic rings. The van der Waals surface area contributed by atoms with Crippen molar-refractivity contribution in [3.63, 3.8) is 0 Å². The van der Waals surface area contributed by atoms with Crippen LogP contribution < -0.4 is 0 Å². The molecule has 1 heterocycles. The van der Waals surface area contributed by atoms with Gasteiger partial charge in [-0.2, -0.15) is 0 Å². The van der Waals surface area contributed by atoms with Gasteiger partial charge in [0.25, 0.3) is 0 Å². The Labute approximate surface area is 92.7 Å². The molecular weight excluding hydrogens is 184 g/mol. The summed E-state index contributed by atoms with van der Waals surface area (Å²) in [5.74, 6) is 0.838. The molecule has 84 valence electrons. The molecule has 15 heavy (non-hydrogen) atoms. The predicted octanol–water partition coefficient (Wildman–Crippen LogP) is 3.59. The van der Waals surface area contributed by atoms with E-state index >= 15 is 0 Å². The molecule has 0 radical (unpaired) electrons. The Morgan fingerprint density at radius 2 is 2.07 bits per heavy atom. The maximum absolute atomic E-state index is 4.19. The lowest BCUT2D eigenvalue weighted by molar-refractivity contribution is 0.137. The second-order valence-corrected chi connectivity index (χ2v) is 5.02. The van der Waals surface area contributed by atoms with Gasteiger partial charge in [-0.1, -0.05) is 26.2 Å². The van der Waals surface area contributed by atoms with Crippen molar-refractivity contribution >= 4 is 0 Å². The largest absolute Gasteiger partial charge is 0.331 e. The van der Waals surface area contributed by atoms with Crippen LogP contribution in [0.3, 0.4) is 0 Å². The molecule has 1 atom stereocenters. The third-order valence-electron chi connectivity index (χ3n) is 4.29. The first kappa shape index (κ1) is 10.7. The van der Waals surface area contributed by atoms with E-state index in [0.29, 0.717) is 0 Å². The Hall–Kier alpha value is -0.790. The summed E-state index contributed by atoms with van der Waals surface area (Å²) < 4.78 is 2.32. The fraction of sp³-hybridized carbons (Fsp3) is 0.769. The van der Waals surface area contributed by atoms with Crippen LogP contribution >= 0.6 is 0 Å². The van der Waals surface area contributed by atoms with Crippen molar-refractivity contribution in [2.24, 2.45) is 5.92 Å². The number of nitrogens with zero attached hydrogens (tertiary/aromatic N) is 2. The molecule has 1 aromatic rings. The maximum Gasteiger partial charge on any atom is 0.0951 e. The minimum atomic E-state index is 0.289. The molecule has 2 heteroatoms. The molecule has 1 aromatic heterocycles. The number of hydrogen-bond donors (Lipinski definition) is 0. The van der Waals surface area contributed by atoms with Gasteiger partial charge in [-0.15, -0.1) is 0 Å². The average Bonchev–Trinajstić information content (AvgIpc) is 2.83. The molecule has 0 saturated heterocycles. The fourth-order valence-electron chi connectivity index (χ4n) is 2.97. The second-order valence-electron chi connectivity index (χ2n) is 5.02. The highest BCUT2D eigenvalue weighted by atomic mass is 15.1. The average molecular weight is 206 g/mol. The molecule has 0 spiro atoms. The standard InChI is InChI=1S/C13H22N2/c1-3-13(2,15-10-9-14-11-15)12-7-5-4-6-8-12/h9-12H,3-8H2,1-2H3. The molecule has 1 fully saturated rings. The molecule has 0 aliphatic heterocycles. The first-order valence-corrected chi connectivity index (χ1v) is 6.26. The van der Waals surface area contributed by atoms with Crippen LogP contribution in [0.4, 0.5) is 0 Å². The summed E-state index contributed by atoms with van der Waals surface area (Å²) in [7, 11) is 0. The highest BCUT2D eigenvalue weighted by Gasteiger charge is 2.34. The number of aromatic nitrogens is 2. The summed E-state index contributed by atoms with van der Waals surface area (Å²) in [5, 5.41) is 0. The van der Waals surface area contributed by atoms with E-state index in [1.807, 2.05) is 12.5 Å². The number of rotatable bonds is 3. The van der Waals surface area contributed by atoms with Crippen molar-refractivity contribution in [2.45, 2.75) is 57.9 Å². The molecule has 0 bridgehead atoms. The molecule has 0 aromatic carbocycles. The summed E-state index contributed by atoms with van der Waals surface area (Å²) in [6.07, 6.45) is 14.2. The Bertz CT molecular complexity index is 285. The van der Waals surface area contributed by atoms with Crippen LogP contribution in [-0.2, 0) is 5.54 Å². The van der Waals surface area contributed by atoms with Gasteiger partial charge < -0.3 is 4.57 Å². The first-order valence-electron chi connectivity index (χ1n) is 6.26. The topological polar surface area (TPSA) is 17.8 Å². The van der Waals surface area contributed by atoms with Gasteiger partial charge in [0.2, 0.25) is 0 Å². The van der Waals surface area contributed by atoms with Gasteiger partial charge in [0.1, 0.15) is 0 Å². The van der Waals surface area contributed by atoms with E-state index in [0.717, 1.165) is 5.92 Å². The lowest BCUT2D eigenvalue weighted by Gasteiger charge is -2.40. The van der Waals surface area contributed by atoms with Crippen LogP contribution in [0.25, 0.3) is 0 Å². The van der Waals surface area contributed by atoms with E-state index in [9.17, 15) is 0 Å². The number of hydrogen-bond acceptors (Lipinski definition) is 1. The summed E-state index contributed by atoms with van der Waals surface area (Å²) >= 11 is 0. The van der Waals surface area contributed by atoms with E-state index < -0.39 is 0 Å². The van der Waals surface area contributed by atoms with Crippen LogP contribution in [0.5, 0.6) is 0 Å². The zero-order chi connectivity index (χ0) is 10.7. The highest BCUT2D eigenvalue weighted by molar-refractivity contribution is 4.93. The third kappa shape index (κ3) is 1.95. The molecule has 1 unspecified atom stereocenters. The van der Waals surface area contributed by atoms with Gasteiger partial charge in [0.05, 0.1) is 6.33 Å². The smallest absolute Gasteiger partial charge is 0.0951 e. The van der Waals surface area contributed by atoms with Crippen molar-refractivity contribution < 1.29 is 0 Å². The van der Waals surface area contributed by atoms with Gasteiger partial charge in [-0.25, -0.2) is 4.98 Å². The Morgan fingerprint density at radius 1 is 1.33 bits per heavy atom. The third-order valence-corrected chi connectivity index (χ3v) is 4.29. The summed E-state index contributed by atoms with van der Waals surface area (Å²) in [5.41, 5.74) is 0.289. The Kier molecular flexibility index (Phi) is 3.13. The van der Waals surface area contributed by atoms with Gasteiger partial charge >= 0.3 is 0 Å². The summed E-state index contributed by atoms with van der Waals surface area (Å²) in [4.78, 5) is 4.19. The van der Waals surface area contributed by atoms with Crippen molar-refractivity contribution in [3.05, 3.63) is 18.7 Å². The maximum atomic E-state index is 4.19. The second kappa shape index (κ2) is 4.38. The number of imidazole rings is 1. The lowest BCUT2D eigenvalue weighted by Crippen LogP contribution is -2.38. The first-order chi connectivity index (χ1) is 7.27. The van der Waals surface area contributed by atoms with Crippen LogP contribution in [0.2, 0.25) is 0 Å². The zero-order valence-corrected chi connectivity index (χ0v) is 9.95. The van der Waals surface area contributed by atoms with Crippen LogP contribution in [0.15, 0.2) is 18.7 Å². The van der Waals surface area contributed by atoms with Gasteiger partial charge in [-0.3, -0.25) is 0 Å². The van der Waals surface area contributed by atoms with E-state index in [1.54, 1.807) is 0 Å². The normalized spacial score (nSPS) is 22.5. The van der Waals surface area contributed by atoms with Crippen LogP contribution in [0, 0.1) is 5.92 Å². The highest BCUT2D eigenvalue weighted by Crippen LogP contribution is 2.39. The fourth-order valence-corrected chi connectivity index (χ4v) is 2.97. The van der Waals surface area contributed by atoms with Crippen molar-refractivity contribution in [1.29, 1.82) is 0 Å². The molecule has 0 N–H and O–H groups in total. The van der Waals surface area contributed by atoms with E-state index in [-0.39, 0.29) is 5.54 Å². The molecule has 2 rings (SSSR count). The quantitative estimate of drug-likeness (QED) is 0.739. The Balaban J connectivity index is 2.20. The molecule has 0 amide bonds. The van der Waals surface area contributed by atoms with E-state index in [1.165, 1.54) is 38.5 Å². The molecule has 1 saturated carbocycles. The summed E-state index contributed by atoms with van der Waals surface area (Å²) in [6.45, 7) is 4.69. The van der Waals surface area contributed by atoms with Gasteiger partial charge in [0, 0.05) is 17.9 Å².